The number of hydrogen-bond donors (Lipinski definition) is 4. The van der Waals surface area contributed by atoms with Crippen molar-refractivity contribution in [3.63, 3.8) is 0 Å². The third-order valence-corrected chi connectivity index (χ3v) is 6.54. The van der Waals surface area contributed by atoms with Crippen LogP contribution in [0.3, 0.4) is 0 Å². The number of ether oxygens (including phenoxy) is 1. The van der Waals surface area contributed by atoms with Gasteiger partial charge in [0.25, 0.3) is 0 Å². The van der Waals surface area contributed by atoms with Gasteiger partial charge in [0, 0.05) is 6.42 Å². The zero-order valence-electron chi connectivity index (χ0n) is 15.5. The molecule has 0 saturated carbocycles. The molecule has 152 valence electrons. The number of halogens is 1. The molecule has 0 aliphatic carbocycles. The zero-order valence-corrected chi connectivity index (χ0v) is 16.3. The molecule has 2 aromatic carbocycles. The molecule has 0 amide bonds. The summed E-state index contributed by atoms with van der Waals surface area (Å²) in [6.45, 7) is 2.16. The molecular weight excluding hydrogens is 383 g/mol. The van der Waals surface area contributed by atoms with Gasteiger partial charge in [0.15, 0.2) is 0 Å². The molecular formula is C21H25FO5S. The highest BCUT2D eigenvalue weighted by Crippen LogP contribution is 2.43. The molecule has 1 aliphatic heterocycles. The third kappa shape index (κ3) is 4.50. The first kappa shape index (κ1) is 21.1. The Morgan fingerprint density at radius 2 is 1.71 bits per heavy atom. The average Bonchev–Trinajstić information content (AvgIpc) is 2.70. The molecule has 28 heavy (non-hydrogen) atoms. The third-order valence-electron chi connectivity index (χ3n) is 4.92. The Balaban J connectivity index is 1.82. The van der Waals surface area contributed by atoms with E-state index in [0.717, 1.165) is 11.3 Å². The monoisotopic (exact) mass is 408 g/mol. The Morgan fingerprint density at radius 1 is 1.00 bits per heavy atom. The second-order valence-corrected chi connectivity index (χ2v) is 8.24. The van der Waals surface area contributed by atoms with Gasteiger partial charge in [0.1, 0.15) is 17.7 Å². The first-order valence-electron chi connectivity index (χ1n) is 9.25. The molecule has 1 fully saturated rings. The van der Waals surface area contributed by atoms with Gasteiger partial charge in [-0.25, -0.2) is 4.39 Å². The van der Waals surface area contributed by atoms with E-state index in [4.69, 9.17) is 4.74 Å². The van der Waals surface area contributed by atoms with Gasteiger partial charge in [-0.1, -0.05) is 24.3 Å². The molecule has 7 heteroatoms. The van der Waals surface area contributed by atoms with Crippen LogP contribution < -0.4 is 4.74 Å². The van der Waals surface area contributed by atoms with Crippen molar-refractivity contribution >= 4 is 11.8 Å². The molecule has 1 aliphatic rings. The van der Waals surface area contributed by atoms with E-state index in [1.54, 1.807) is 12.1 Å². The SMILES string of the molecule is CCOc1ccc(Cc2cc([C@@H]3S[C@H](CO)[C@@H](O)[C@H](O)[C@H]3O)ccc2F)cc1. The Kier molecular flexibility index (Phi) is 6.95. The van der Waals surface area contributed by atoms with Crippen molar-refractivity contribution < 1.29 is 29.6 Å². The Labute approximate surface area is 167 Å². The van der Waals surface area contributed by atoms with Crippen molar-refractivity contribution in [1.29, 1.82) is 0 Å². The van der Waals surface area contributed by atoms with Gasteiger partial charge in [-0.05, 0) is 41.8 Å². The summed E-state index contributed by atoms with van der Waals surface area (Å²) >= 11 is 1.18. The Hall–Kier alpha value is -1.64. The van der Waals surface area contributed by atoms with Crippen LogP contribution in [0.4, 0.5) is 4.39 Å². The van der Waals surface area contributed by atoms with Crippen LogP contribution >= 0.6 is 11.8 Å². The second kappa shape index (κ2) is 9.24. The first-order valence-corrected chi connectivity index (χ1v) is 10.2. The van der Waals surface area contributed by atoms with Crippen LogP contribution in [0.1, 0.15) is 28.9 Å². The van der Waals surface area contributed by atoms with Crippen LogP contribution in [-0.2, 0) is 6.42 Å². The lowest BCUT2D eigenvalue weighted by atomic mass is 9.94. The van der Waals surface area contributed by atoms with E-state index >= 15 is 0 Å². The largest absolute Gasteiger partial charge is 0.494 e. The van der Waals surface area contributed by atoms with Crippen LogP contribution in [0.25, 0.3) is 0 Å². The molecule has 0 unspecified atom stereocenters. The molecule has 0 radical (unpaired) electrons. The van der Waals surface area contributed by atoms with Crippen molar-refractivity contribution in [2.45, 2.75) is 42.2 Å². The van der Waals surface area contributed by atoms with Crippen molar-refractivity contribution in [2.75, 3.05) is 13.2 Å². The summed E-state index contributed by atoms with van der Waals surface area (Å²) < 4.78 is 19.8. The fourth-order valence-electron chi connectivity index (χ4n) is 3.37. The molecule has 1 saturated heterocycles. The van der Waals surface area contributed by atoms with Gasteiger partial charge in [0.2, 0.25) is 0 Å². The summed E-state index contributed by atoms with van der Waals surface area (Å²) in [6, 6.07) is 12.0. The number of rotatable bonds is 6. The highest BCUT2D eigenvalue weighted by atomic mass is 32.2. The fourth-order valence-corrected chi connectivity index (χ4v) is 4.78. The maximum atomic E-state index is 14.4. The van der Waals surface area contributed by atoms with Crippen LogP contribution in [0, 0.1) is 5.82 Å². The minimum absolute atomic E-state index is 0.327. The highest BCUT2D eigenvalue weighted by Gasteiger charge is 2.43. The zero-order chi connectivity index (χ0) is 20.3. The van der Waals surface area contributed by atoms with Gasteiger partial charge < -0.3 is 25.2 Å². The summed E-state index contributed by atoms with van der Waals surface area (Å²) in [5.41, 5.74) is 2.03. The van der Waals surface area contributed by atoms with Crippen molar-refractivity contribution in [3.05, 3.63) is 65.0 Å². The predicted octanol–water partition coefficient (Wildman–Crippen LogP) is 2.05. The Bertz CT molecular complexity index is 783. The highest BCUT2D eigenvalue weighted by molar-refractivity contribution is 8.00. The van der Waals surface area contributed by atoms with E-state index in [0.29, 0.717) is 24.2 Å². The van der Waals surface area contributed by atoms with Gasteiger partial charge in [-0.15, -0.1) is 11.8 Å². The van der Waals surface area contributed by atoms with Crippen molar-refractivity contribution in [1.82, 2.24) is 0 Å². The number of aliphatic hydroxyl groups excluding tert-OH is 4. The maximum Gasteiger partial charge on any atom is 0.126 e. The molecule has 1 heterocycles. The van der Waals surface area contributed by atoms with E-state index < -0.39 is 28.8 Å². The summed E-state index contributed by atoms with van der Waals surface area (Å²) in [4.78, 5) is 0. The lowest BCUT2D eigenvalue weighted by molar-refractivity contribution is -0.0700. The van der Waals surface area contributed by atoms with E-state index in [1.165, 1.54) is 17.8 Å². The molecule has 3 rings (SSSR count). The molecule has 2 aromatic rings. The predicted molar refractivity (Wildman–Crippen MR) is 106 cm³/mol. The topological polar surface area (TPSA) is 90.2 Å². The Morgan fingerprint density at radius 3 is 2.36 bits per heavy atom. The molecule has 0 spiro atoms. The molecule has 4 N–H and O–H groups in total. The number of hydrogen-bond acceptors (Lipinski definition) is 6. The van der Waals surface area contributed by atoms with E-state index in [9.17, 15) is 24.8 Å². The van der Waals surface area contributed by atoms with E-state index in [1.807, 2.05) is 31.2 Å². The van der Waals surface area contributed by atoms with Crippen LogP contribution in [-0.4, -0.2) is 57.2 Å². The fraction of sp³-hybridized carbons (Fsp3) is 0.429. The number of thioether (sulfide) groups is 1. The quantitative estimate of drug-likeness (QED) is 0.585. The number of benzene rings is 2. The van der Waals surface area contributed by atoms with Crippen molar-refractivity contribution in [2.24, 2.45) is 0 Å². The smallest absolute Gasteiger partial charge is 0.126 e. The lowest BCUT2D eigenvalue weighted by Crippen LogP contribution is -2.51. The summed E-state index contributed by atoms with van der Waals surface area (Å²) in [5, 5.41) is 38.7. The van der Waals surface area contributed by atoms with Crippen LogP contribution in [0.15, 0.2) is 42.5 Å². The first-order chi connectivity index (χ1) is 13.4. The summed E-state index contributed by atoms with van der Waals surface area (Å²) in [6.07, 6.45) is -3.44. The molecule has 0 bridgehead atoms. The van der Waals surface area contributed by atoms with Gasteiger partial charge in [-0.3, -0.25) is 0 Å². The van der Waals surface area contributed by atoms with Gasteiger partial charge in [0.05, 0.1) is 35.9 Å². The van der Waals surface area contributed by atoms with Crippen LogP contribution in [0.5, 0.6) is 5.75 Å². The normalized spacial score (nSPS) is 27.6. The average molecular weight is 408 g/mol. The second-order valence-electron chi connectivity index (χ2n) is 6.85. The van der Waals surface area contributed by atoms with Crippen molar-refractivity contribution in [3.8, 4) is 5.75 Å². The lowest BCUT2D eigenvalue weighted by Gasteiger charge is -2.39. The van der Waals surface area contributed by atoms with Crippen LogP contribution in [0.2, 0.25) is 0 Å². The van der Waals surface area contributed by atoms with Gasteiger partial charge in [-0.2, -0.15) is 0 Å². The molecule has 5 nitrogen and oxygen atoms in total. The van der Waals surface area contributed by atoms with E-state index in [2.05, 4.69) is 0 Å². The van der Waals surface area contributed by atoms with Gasteiger partial charge >= 0.3 is 0 Å². The molecule has 0 aromatic heterocycles. The minimum Gasteiger partial charge on any atom is -0.494 e. The van der Waals surface area contributed by atoms with E-state index in [-0.39, 0.29) is 12.4 Å². The maximum absolute atomic E-state index is 14.4. The number of aliphatic hydroxyl groups is 4. The summed E-state index contributed by atoms with van der Waals surface area (Å²) in [7, 11) is 0. The minimum atomic E-state index is -1.37. The molecule has 5 atom stereocenters. The summed E-state index contributed by atoms with van der Waals surface area (Å²) in [5.74, 6) is 0.400. The standard InChI is InChI=1S/C21H25FO5S/c1-2-27-15-6-3-12(4-7-15)9-14-10-13(5-8-16(14)22)21-20(26)19(25)18(24)17(11-23)28-21/h3-8,10,17-21,23-26H,2,9,11H2,1H3/t17-,18-,19+,20-,21+/m1/s1.